The number of aryl methyl sites for hydroxylation is 1. The fraction of sp³-hybridized carbons (Fsp3) is 0.435. The maximum atomic E-state index is 12.9. The Bertz CT molecular complexity index is 810. The summed E-state index contributed by atoms with van der Waals surface area (Å²) in [4.78, 5) is 14.8. The van der Waals surface area contributed by atoms with Gasteiger partial charge in [-0.25, -0.2) is 0 Å². The van der Waals surface area contributed by atoms with Crippen molar-refractivity contribution in [3.8, 4) is 5.75 Å². The molecule has 1 fully saturated rings. The Balaban J connectivity index is 1.65. The molecule has 1 saturated heterocycles. The van der Waals surface area contributed by atoms with Crippen molar-refractivity contribution in [3.63, 3.8) is 0 Å². The van der Waals surface area contributed by atoms with Crippen molar-refractivity contribution < 1.29 is 14.3 Å². The van der Waals surface area contributed by atoms with Gasteiger partial charge in [-0.15, -0.1) is 0 Å². The van der Waals surface area contributed by atoms with Crippen molar-refractivity contribution in [2.24, 2.45) is 0 Å². The molecule has 29 heavy (non-hydrogen) atoms. The lowest BCUT2D eigenvalue weighted by molar-refractivity contribution is -0.134. The van der Waals surface area contributed by atoms with Gasteiger partial charge in [-0.2, -0.15) is 0 Å². The molecule has 3 rings (SSSR count). The van der Waals surface area contributed by atoms with Crippen LogP contribution in [0.3, 0.4) is 0 Å². The standard InChI is InChI=1S/C23H29ClN2O3/c1-16(2)28-14-6-13-25-15-21-22(29-19-11-9-18(24)10-12-19)23(27)26(21)20-8-5-4-7-17(20)3/h4-5,7-12,16,21-22,25H,6,13-15H2,1-3H3/t21-,22-/m1/s1. The molecule has 1 N–H and O–H groups in total. The van der Waals surface area contributed by atoms with Gasteiger partial charge in [-0.05, 0) is 69.6 Å². The van der Waals surface area contributed by atoms with Gasteiger partial charge in [0.1, 0.15) is 5.75 Å². The maximum absolute atomic E-state index is 12.9. The predicted octanol–water partition coefficient (Wildman–Crippen LogP) is 4.22. The minimum Gasteiger partial charge on any atom is -0.478 e. The number of rotatable bonds is 10. The highest BCUT2D eigenvalue weighted by molar-refractivity contribution is 6.30. The second kappa shape index (κ2) is 10.1. The number of ether oxygens (including phenoxy) is 2. The van der Waals surface area contributed by atoms with E-state index in [0.29, 0.717) is 17.3 Å². The quantitative estimate of drug-likeness (QED) is 0.465. The first-order valence-corrected chi connectivity index (χ1v) is 10.5. The molecule has 0 aliphatic carbocycles. The van der Waals surface area contributed by atoms with Gasteiger partial charge in [0.25, 0.3) is 5.91 Å². The average Bonchev–Trinajstić information content (AvgIpc) is 2.70. The molecular weight excluding hydrogens is 388 g/mol. The van der Waals surface area contributed by atoms with Crippen LogP contribution >= 0.6 is 11.6 Å². The lowest BCUT2D eigenvalue weighted by Crippen LogP contribution is -2.70. The van der Waals surface area contributed by atoms with Crippen LogP contribution in [0.4, 0.5) is 5.69 Å². The van der Waals surface area contributed by atoms with Gasteiger partial charge in [-0.3, -0.25) is 4.79 Å². The third kappa shape index (κ3) is 5.50. The van der Waals surface area contributed by atoms with E-state index in [1.165, 1.54) is 0 Å². The number of benzene rings is 2. The second-order valence-electron chi connectivity index (χ2n) is 7.53. The van der Waals surface area contributed by atoms with Crippen LogP contribution in [0, 0.1) is 6.92 Å². The molecule has 1 amide bonds. The Labute approximate surface area is 177 Å². The molecule has 0 bridgehead atoms. The van der Waals surface area contributed by atoms with E-state index in [2.05, 4.69) is 5.32 Å². The van der Waals surface area contributed by atoms with E-state index < -0.39 is 6.10 Å². The van der Waals surface area contributed by atoms with E-state index in [4.69, 9.17) is 21.1 Å². The number of hydrogen-bond acceptors (Lipinski definition) is 4. The number of hydrogen-bond donors (Lipinski definition) is 1. The number of amides is 1. The highest BCUT2D eigenvalue weighted by atomic mass is 35.5. The van der Waals surface area contributed by atoms with Gasteiger partial charge in [0, 0.05) is 23.9 Å². The fourth-order valence-corrected chi connectivity index (χ4v) is 3.53. The molecule has 0 spiro atoms. The van der Waals surface area contributed by atoms with Crippen molar-refractivity contribution in [2.75, 3.05) is 24.6 Å². The molecule has 1 heterocycles. The summed E-state index contributed by atoms with van der Waals surface area (Å²) in [5.41, 5.74) is 2.00. The van der Waals surface area contributed by atoms with Crippen molar-refractivity contribution in [2.45, 2.75) is 45.4 Å². The number of nitrogens with one attached hydrogen (secondary N) is 1. The number of anilines is 1. The molecule has 2 atom stereocenters. The Morgan fingerprint density at radius 2 is 1.86 bits per heavy atom. The van der Waals surface area contributed by atoms with E-state index >= 15 is 0 Å². The number of carbonyl (C=O) groups is 1. The molecule has 0 unspecified atom stereocenters. The van der Waals surface area contributed by atoms with Gasteiger partial charge in [-0.1, -0.05) is 29.8 Å². The number of carbonyl (C=O) groups excluding carboxylic acids is 1. The van der Waals surface area contributed by atoms with E-state index in [1.807, 2.05) is 49.9 Å². The topological polar surface area (TPSA) is 50.8 Å². The van der Waals surface area contributed by atoms with Crippen LogP contribution in [-0.2, 0) is 9.53 Å². The zero-order chi connectivity index (χ0) is 20.8. The van der Waals surface area contributed by atoms with Crippen molar-refractivity contribution in [1.29, 1.82) is 0 Å². The highest BCUT2D eigenvalue weighted by Gasteiger charge is 2.50. The van der Waals surface area contributed by atoms with Crippen LogP contribution < -0.4 is 15.0 Å². The number of nitrogens with zero attached hydrogens (tertiary/aromatic N) is 1. The summed E-state index contributed by atoms with van der Waals surface area (Å²) < 4.78 is 11.6. The Morgan fingerprint density at radius 3 is 2.55 bits per heavy atom. The summed E-state index contributed by atoms with van der Waals surface area (Å²) in [6, 6.07) is 15.0. The highest BCUT2D eigenvalue weighted by Crippen LogP contribution is 2.33. The predicted molar refractivity (Wildman–Crippen MR) is 117 cm³/mol. The normalized spacial score (nSPS) is 18.8. The van der Waals surface area contributed by atoms with Crippen LogP contribution in [0.1, 0.15) is 25.8 Å². The molecule has 2 aromatic carbocycles. The summed E-state index contributed by atoms with van der Waals surface area (Å²) in [6.45, 7) is 8.29. The number of para-hydroxylation sites is 1. The summed E-state index contributed by atoms with van der Waals surface area (Å²) in [5, 5.41) is 4.09. The van der Waals surface area contributed by atoms with Crippen LogP contribution in [0.15, 0.2) is 48.5 Å². The zero-order valence-corrected chi connectivity index (χ0v) is 18.0. The molecule has 1 aliphatic heterocycles. The van der Waals surface area contributed by atoms with Crippen LogP contribution in [0.25, 0.3) is 0 Å². The molecule has 5 nitrogen and oxygen atoms in total. The van der Waals surface area contributed by atoms with E-state index in [1.54, 1.807) is 24.3 Å². The van der Waals surface area contributed by atoms with E-state index in [0.717, 1.165) is 30.8 Å². The fourth-order valence-electron chi connectivity index (χ4n) is 3.40. The molecule has 1 aliphatic rings. The molecule has 156 valence electrons. The van der Waals surface area contributed by atoms with Crippen molar-refractivity contribution in [3.05, 3.63) is 59.1 Å². The monoisotopic (exact) mass is 416 g/mol. The largest absolute Gasteiger partial charge is 0.478 e. The number of β-lactam (4-membered cyclic amide) rings is 1. The van der Waals surface area contributed by atoms with Crippen LogP contribution in [-0.4, -0.2) is 43.9 Å². The van der Waals surface area contributed by atoms with Gasteiger partial charge >= 0.3 is 0 Å². The molecule has 0 aromatic heterocycles. The lowest BCUT2D eigenvalue weighted by Gasteiger charge is -2.47. The van der Waals surface area contributed by atoms with Gasteiger partial charge < -0.3 is 19.7 Å². The van der Waals surface area contributed by atoms with Crippen LogP contribution in [0.5, 0.6) is 5.75 Å². The van der Waals surface area contributed by atoms with Gasteiger partial charge in [0.05, 0.1) is 12.1 Å². The Hall–Kier alpha value is -2.08. The molecule has 0 saturated carbocycles. The Kier molecular flexibility index (Phi) is 7.53. The Morgan fingerprint density at radius 1 is 1.14 bits per heavy atom. The van der Waals surface area contributed by atoms with E-state index in [-0.39, 0.29) is 18.1 Å². The summed E-state index contributed by atoms with van der Waals surface area (Å²) in [5.74, 6) is 0.622. The summed E-state index contributed by atoms with van der Waals surface area (Å²) >= 11 is 5.95. The van der Waals surface area contributed by atoms with Crippen molar-refractivity contribution >= 4 is 23.2 Å². The number of halogens is 1. The van der Waals surface area contributed by atoms with Crippen LogP contribution in [0.2, 0.25) is 5.02 Å². The first kappa shape index (κ1) is 21.6. The molecular formula is C23H29ClN2O3. The summed E-state index contributed by atoms with van der Waals surface area (Å²) in [6.07, 6.45) is 0.648. The maximum Gasteiger partial charge on any atom is 0.270 e. The third-order valence-electron chi connectivity index (χ3n) is 4.92. The first-order valence-electron chi connectivity index (χ1n) is 10.1. The SMILES string of the molecule is Cc1ccccc1N1C(=O)[C@H](Oc2ccc(Cl)cc2)[C@H]1CNCCCOC(C)C. The van der Waals surface area contributed by atoms with Gasteiger partial charge in [0.15, 0.2) is 6.10 Å². The zero-order valence-electron chi connectivity index (χ0n) is 17.2. The first-order chi connectivity index (χ1) is 14.0. The van der Waals surface area contributed by atoms with Gasteiger partial charge in [0.2, 0.25) is 0 Å². The molecule has 2 aromatic rings. The second-order valence-corrected chi connectivity index (χ2v) is 7.97. The third-order valence-corrected chi connectivity index (χ3v) is 5.17. The average molecular weight is 417 g/mol. The smallest absolute Gasteiger partial charge is 0.270 e. The summed E-state index contributed by atoms with van der Waals surface area (Å²) in [7, 11) is 0. The van der Waals surface area contributed by atoms with Crippen molar-refractivity contribution in [1.82, 2.24) is 5.32 Å². The minimum absolute atomic E-state index is 0.0239. The molecule has 6 heteroatoms. The minimum atomic E-state index is -0.518. The molecule has 0 radical (unpaired) electrons. The van der Waals surface area contributed by atoms with E-state index in [9.17, 15) is 4.79 Å². The lowest BCUT2D eigenvalue weighted by atomic mass is 9.95.